The van der Waals surface area contributed by atoms with Crippen molar-refractivity contribution in [1.82, 2.24) is 0 Å². The molecule has 0 unspecified atom stereocenters. The Morgan fingerprint density at radius 1 is 1.09 bits per heavy atom. The van der Waals surface area contributed by atoms with Crippen molar-refractivity contribution in [2.75, 3.05) is 11.9 Å². The number of fused-ring (bicyclic) bond motifs is 1. The molecule has 1 amide bonds. The second-order valence-corrected chi connectivity index (χ2v) is 6.06. The summed E-state index contributed by atoms with van der Waals surface area (Å²) in [6.45, 7) is 5.28. The molecule has 2 aromatic rings. The molecule has 0 radical (unpaired) electrons. The topological polar surface area (TPSA) is 66.8 Å². The number of carboxylic acid groups (broad SMARTS) is 1. The van der Waals surface area contributed by atoms with E-state index in [2.05, 4.69) is 0 Å². The number of nitrogens with zero attached hydrogens (tertiary/aromatic N) is 1. The second kappa shape index (κ2) is 5.67. The fraction of sp³-hybridized carbons (Fsp3) is 0.294. The number of benzene rings is 2. The molecule has 2 rings (SSSR count). The average Bonchev–Trinajstić information content (AvgIpc) is 2.43. The van der Waals surface area contributed by atoms with Crippen LogP contribution in [0.1, 0.15) is 31.1 Å². The number of carboxylic acids is 1. The number of anilines is 1. The third kappa shape index (κ3) is 3.36. The summed E-state index contributed by atoms with van der Waals surface area (Å²) < 4.78 is 5.29. The molecule has 5 nitrogen and oxygen atoms in total. The molecule has 2 aromatic carbocycles. The summed E-state index contributed by atoms with van der Waals surface area (Å²) in [5.41, 5.74) is -0.279. The van der Waals surface area contributed by atoms with Crippen LogP contribution < -0.4 is 4.90 Å². The highest BCUT2D eigenvalue weighted by atomic mass is 16.6. The van der Waals surface area contributed by atoms with Crippen molar-refractivity contribution in [3.8, 4) is 0 Å². The van der Waals surface area contributed by atoms with Gasteiger partial charge in [-0.2, -0.15) is 0 Å². The van der Waals surface area contributed by atoms with Gasteiger partial charge >= 0.3 is 12.1 Å². The van der Waals surface area contributed by atoms with Crippen LogP contribution in [0.2, 0.25) is 0 Å². The number of rotatable bonds is 2. The van der Waals surface area contributed by atoms with Crippen molar-refractivity contribution in [2.24, 2.45) is 0 Å². The molecule has 0 fully saturated rings. The third-order valence-corrected chi connectivity index (χ3v) is 3.12. The predicted octanol–water partition coefficient (Wildman–Crippen LogP) is 3.91. The molecular formula is C17H19NO4. The lowest BCUT2D eigenvalue weighted by Crippen LogP contribution is -2.34. The van der Waals surface area contributed by atoms with Crippen molar-refractivity contribution in [2.45, 2.75) is 26.4 Å². The maximum atomic E-state index is 12.2. The molecule has 0 bridgehead atoms. The summed E-state index contributed by atoms with van der Waals surface area (Å²) >= 11 is 0. The van der Waals surface area contributed by atoms with Crippen molar-refractivity contribution in [3.63, 3.8) is 0 Å². The Morgan fingerprint density at radius 2 is 1.64 bits per heavy atom. The number of carbonyl (C=O) groups excluding carboxylic acids is 1. The third-order valence-electron chi connectivity index (χ3n) is 3.12. The molecule has 0 saturated carbocycles. The van der Waals surface area contributed by atoms with Crippen molar-refractivity contribution in [3.05, 3.63) is 42.0 Å². The first-order valence-corrected chi connectivity index (χ1v) is 6.92. The standard InChI is InChI=1S/C17H19NO4/c1-17(2,3)22-16(21)18(4)14-10-12-8-6-5-7-11(12)9-13(14)15(19)20/h5-10H,1-4H3,(H,19,20). The van der Waals surface area contributed by atoms with Crippen LogP contribution >= 0.6 is 0 Å². The summed E-state index contributed by atoms with van der Waals surface area (Å²) in [4.78, 5) is 24.9. The molecule has 0 saturated heterocycles. The van der Waals surface area contributed by atoms with Crippen LogP contribution in [0, 0.1) is 0 Å². The first-order chi connectivity index (χ1) is 10.2. The summed E-state index contributed by atoms with van der Waals surface area (Å²) in [7, 11) is 1.50. The number of ether oxygens (including phenoxy) is 1. The minimum absolute atomic E-state index is 0.0621. The lowest BCUT2D eigenvalue weighted by molar-refractivity contribution is 0.0589. The highest BCUT2D eigenvalue weighted by molar-refractivity contribution is 6.04. The molecule has 0 aliphatic carbocycles. The van der Waals surface area contributed by atoms with Crippen LogP contribution in [0.5, 0.6) is 0 Å². The fourth-order valence-electron chi connectivity index (χ4n) is 2.11. The zero-order chi connectivity index (χ0) is 16.5. The molecular weight excluding hydrogens is 282 g/mol. The van der Waals surface area contributed by atoms with Gasteiger partial charge in [-0.1, -0.05) is 24.3 Å². The first kappa shape index (κ1) is 15.8. The molecule has 5 heteroatoms. The molecule has 0 aliphatic rings. The number of hydrogen-bond acceptors (Lipinski definition) is 3. The van der Waals surface area contributed by atoms with E-state index in [0.29, 0.717) is 5.69 Å². The fourth-order valence-corrected chi connectivity index (χ4v) is 2.11. The second-order valence-electron chi connectivity index (χ2n) is 6.06. The molecule has 0 heterocycles. The van der Waals surface area contributed by atoms with Gasteiger partial charge in [0, 0.05) is 7.05 Å². The largest absolute Gasteiger partial charge is 0.478 e. The zero-order valence-corrected chi connectivity index (χ0v) is 13.1. The molecule has 0 spiro atoms. The number of aromatic carboxylic acids is 1. The normalized spacial score (nSPS) is 11.3. The van der Waals surface area contributed by atoms with Crippen LogP contribution in [0.4, 0.5) is 10.5 Å². The SMILES string of the molecule is CN(C(=O)OC(C)(C)C)c1cc2ccccc2cc1C(=O)O. The molecule has 22 heavy (non-hydrogen) atoms. The average molecular weight is 301 g/mol. The van der Waals surface area contributed by atoms with E-state index in [1.165, 1.54) is 11.9 Å². The van der Waals surface area contributed by atoms with Crippen LogP contribution in [0.15, 0.2) is 36.4 Å². The monoisotopic (exact) mass is 301 g/mol. The van der Waals surface area contributed by atoms with E-state index in [4.69, 9.17) is 4.74 Å². The minimum atomic E-state index is -1.09. The zero-order valence-electron chi connectivity index (χ0n) is 13.1. The summed E-state index contributed by atoms with van der Waals surface area (Å²) in [6, 6.07) is 10.6. The van der Waals surface area contributed by atoms with E-state index < -0.39 is 17.7 Å². The minimum Gasteiger partial charge on any atom is -0.478 e. The lowest BCUT2D eigenvalue weighted by Gasteiger charge is -2.25. The molecule has 0 aliphatic heterocycles. The van der Waals surface area contributed by atoms with Gasteiger partial charge in [0.05, 0.1) is 11.3 Å². The molecule has 1 N–H and O–H groups in total. The number of hydrogen-bond donors (Lipinski definition) is 1. The Hall–Kier alpha value is -2.56. The maximum Gasteiger partial charge on any atom is 0.414 e. The van der Waals surface area contributed by atoms with Gasteiger partial charge in [0.15, 0.2) is 0 Å². The van der Waals surface area contributed by atoms with Crippen LogP contribution in [-0.2, 0) is 4.74 Å². The van der Waals surface area contributed by atoms with E-state index in [9.17, 15) is 14.7 Å². The lowest BCUT2D eigenvalue weighted by atomic mass is 10.0. The predicted molar refractivity (Wildman–Crippen MR) is 85.5 cm³/mol. The van der Waals surface area contributed by atoms with E-state index in [0.717, 1.165) is 10.8 Å². The number of carbonyl (C=O) groups is 2. The Kier molecular flexibility index (Phi) is 4.08. The van der Waals surface area contributed by atoms with Gasteiger partial charge in [-0.05, 0) is 43.7 Å². The van der Waals surface area contributed by atoms with Crippen molar-refractivity contribution >= 4 is 28.5 Å². The summed E-state index contributed by atoms with van der Waals surface area (Å²) in [5, 5.41) is 11.1. The van der Waals surface area contributed by atoms with Gasteiger partial charge in [-0.15, -0.1) is 0 Å². The number of amides is 1. The Balaban J connectivity index is 2.50. The molecule has 116 valence electrons. The van der Waals surface area contributed by atoms with Crippen molar-refractivity contribution < 1.29 is 19.4 Å². The van der Waals surface area contributed by atoms with Gasteiger partial charge in [-0.3, -0.25) is 4.90 Å². The van der Waals surface area contributed by atoms with E-state index >= 15 is 0 Å². The Bertz CT molecular complexity index is 731. The smallest absolute Gasteiger partial charge is 0.414 e. The molecule has 0 aromatic heterocycles. The summed E-state index contributed by atoms with van der Waals surface area (Å²) in [6.07, 6.45) is -0.592. The van der Waals surface area contributed by atoms with Crippen molar-refractivity contribution in [1.29, 1.82) is 0 Å². The Labute approximate surface area is 129 Å². The van der Waals surface area contributed by atoms with Gasteiger partial charge in [0.2, 0.25) is 0 Å². The van der Waals surface area contributed by atoms with E-state index in [1.807, 2.05) is 24.3 Å². The highest BCUT2D eigenvalue weighted by Gasteiger charge is 2.24. The Morgan fingerprint density at radius 3 is 2.14 bits per heavy atom. The van der Waals surface area contributed by atoms with Gasteiger partial charge in [0.1, 0.15) is 5.60 Å². The van der Waals surface area contributed by atoms with E-state index in [1.54, 1.807) is 32.9 Å². The van der Waals surface area contributed by atoms with Crippen LogP contribution in [0.25, 0.3) is 10.8 Å². The van der Waals surface area contributed by atoms with Gasteiger partial charge < -0.3 is 9.84 Å². The van der Waals surface area contributed by atoms with Gasteiger partial charge in [0.25, 0.3) is 0 Å². The molecule has 0 atom stereocenters. The quantitative estimate of drug-likeness (QED) is 0.913. The van der Waals surface area contributed by atoms with Gasteiger partial charge in [-0.25, -0.2) is 9.59 Å². The highest BCUT2D eigenvalue weighted by Crippen LogP contribution is 2.27. The van der Waals surface area contributed by atoms with E-state index in [-0.39, 0.29) is 5.56 Å². The first-order valence-electron chi connectivity index (χ1n) is 6.92. The van der Waals surface area contributed by atoms with Crippen LogP contribution in [0.3, 0.4) is 0 Å². The maximum absolute atomic E-state index is 12.2. The van der Waals surface area contributed by atoms with Crippen LogP contribution in [-0.4, -0.2) is 29.8 Å². The summed E-state index contributed by atoms with van der Waals surface area (Å²) in [5.74, 6) is -1.09.